The molecule has 2 bridgehead atoms. The molecule has 2 aromatic carbocycles. The van der Waals surface area contributed by atoms with Gasteiger partial charge in [0, 0.05) is 67.0 Å². The average Bonchev–Trinajstić information content (AvgIpc) is 4.04. The summed E-state index contributed by atoms with van der Waals surface area (Å²) < 4.78 is 0. The van der Waals surface area contributed by atoms with Crippen LogP contribution in [0.4, 0.5) is 5.69 Å². The number of likely N-dealkylation sites (tertiary alicyclic amines) is 3. The molecular formula is C55H72N12O5S. The van der Waals surface area contributed by atoms with Gasteiger partial charge < -0.3 is 57.6 Å². The molecule has 388 valence electrons. The van der Waals surface area contributed by atoms with Gasteiger partial charge in [0.05, 0.1) is 52.5 Å². The number of carbonyl (C=O) groups excluding carboxylic acids is 3. The van der Waals surface area contributed by atoms with Crippen molar-refractivity contribution in [3.8, 4) is 16.3 Å². The maximum absolute atomic E-state index is 14.3. The van der Waals surface area contributed by atoms with Crippen molar-refractivity contribution in [3.05, 3.63) is 107 Å². The molecule has 10 N–H and O–H groups in total. The molecule has 5 atom stereocenters. The molecule has 3 amide bonds. The Kier molecular flexibility index (Phi) is 13.9. The smallest absolute Gasteiger partial charge is 0.246 e. The van der Waals surface area contributed by atoms with Crippen LogP contribution in [-0.2, 0) is 20.9 Å². The summed E-state index contributed by atoms with van der Waals surface area (Å²) in [7, 11) is 0. The van der Waals surface area contributed by atoms with Crippen LogP contribution in [0.15, 0.2) is 84.0 Å². The zero-order valence-corrected chi connectivity index (χ0v) is 43.4. The molecule has 2 aliphatic carbocycles. The van der Waals surface area contributed by atoms with Crippen molar-refractivity contribution >= 4 is 40.4 Å². The second-order valence-corrected chi connectivity index (χ2v) is 23.7. The third-order valence-electron chi connectivity index (χ3n) is 16.8. The van der Waals surface area contributed by atoms with Gasteiger partial charge in [-0.2, -0.15) is 0 Å². The van der Waals surface area contributed by atoms with Crippen molar-refractivity contribution in [1.29, 1.82) is 0 Å². The molecular weight excluding hydrogens is 941 g/mol. The number of rotatable bonds is 13. The van der Waals surface area contributed by atoms with E-state index in [-0.39, 0.29) is 60.1 Å². The predicted octanol–water partition coefficient (Wildman–Crippen LogP) is 4.90. The number of allylic oxidation sites excluding steroid dienone is 1. The number of phenolic OH excluding ortho intramolecular Hbond substituents is 1. The Morgan fingerprint density at radius 1 is 0.877 bits per heavy atom. The van der Waals surface area contributed by atoms with E-state index in [1.54, 1.807) is 42.2 Å². The fraction of sp³-hybridized carbons (Fsp3) is 0.527. The van der Waals surface area contributed by atoms with Crippen molar-refractivity contribution in [3.63, 3.8) is 0 Å². The number of thiazole rings is 1. The number of para-hydroxylation sites is 1. The normalized spacial score (nSPS) is 26.8. The lowest BCUT2D eigenvalue weighted by Crippen LogP contribution is -2.62. The quantitative estimate of drug-likeness (QED) is 0.0882. The van der Waals surface area contributed by atoms with E-state index in [1.807, 2.05) is 33.8 Å². The molecule has 18 heteroatoms. The molecule has 1 spiro atoms. The number of anilines is 1. The van der Waals surface area contributed by atoms with Crippen molar-refractivity contribution < 1.29 is 24.6 Å². The van der Waals surface area contributed by atoms with Crippen LogP contribution in [0.2, 0.25) is 0 Å². The zero-order chi connectivity index (χ0) is 51.3. The number of piperazine rings is 1. The summed E-state index contributed by atoms with van der Waals surface area (Å²) in [5, 5.41) is 27.1. The molecule has 4 saturated heterocycles. The average molecular weight is 1010 g/mol. The summed E-state index contributed by atoms with van der Waals surface area (Å²) in [5.41, 5.74) is 26.7. The zero-order valence-electron chi connectivity index (χ0n) is 42.5. The number of aryl methyl sites for hydroxylation is 1. The number of aromatic hydroxyl groups is 1. The van der Waals surface area contributed by atoms with Gasteiger partial charge in [0.2, 0.25) is 17.7 Å². The van der Waals surface area contributed by atoms with Crippen LogP contribution in [0.3, 0.4) is 0 Å². The first-order chi connectivity index (χ1) is 34.9. The summed E-state index contributed by atoms with van der Waals surface area (Å²) in [5.74, 6) is -0.147. The SMILES string of the molecule is Cc1ncsc1-c1cnc(CNC(=O)[C@@H]2C[C@@H](O)CN2C(=O)[C@@H](NC(=O)C2CC3(C2)CC(N2CCC(c4ccc(N5C6CCC5CN(C(/C=C(\N)c5ccccc5O)=C(N)N)C6)cc4)CC2)C3)C(C)(C)C)cn1. The van der Waals surface area contributed by atoms with Crippen molar-refractivity contribution in [2.45, 2.75) is 134 Å². The molecule has 73 heavy (non-hydrogen) atoms. The number of nitrogens with zero attached hydrogens (tertiary/aromatic N) is 7. The van der Waals surface area contributed by atoms with Gasteiger partial charge in [-0.15, -0.1) is 11.3 Å². The number of piperidine rings is 1. The largest absolute Gasteiger partial charge is 0.507 e. The lowest BCUT2D eigenvalue weighted by Gasteiger charge is -2.60. The van der Waals surface area contributed by atoms with E-state index < -0.39 is 23.6 Å². The molecule has 10 rings (SSSR count). The number of carbonyl (C=O) groups is 3. The van der Waals surface area contributed by atoms with Crippen LogP contribution < -0.4 is 32.7 Å². The summed E-state index contributed by atoms with van der Waals surface area (Å²) in [6, 6.07) is 15.7. The van der Waals surface area contributed by atoms with Gasteiger partial charge >= 0.3 is 0 Å². The van der Waals surface area contributed by atoms with Crippen molar-refractivity contribution in [1.82, 2.24) is 40.3 Å². The Bertz CT molecular complexity index is 2720. The van der Waals surface area contributed by atoms with Crippen LogP contribution in [0, 0.1) is 23.7 Å². The minimum Gasteiger partial charge on any atom is -0.507 e. The van der Waals surface area contributed by atoms with Gasteiger partial charge in [-0.3, -0.25) is 24.4 Å². The first kappa shape index (κ1) is 50.3. The third-order valence-corrected chi connectivity index (χ3v) is 17.7. The topological polar surface area (TPSA) is 245 Å². The number of aliphatic hydroxyl groups excluding tert-OH is 1. The number of β-amino-alcohol motifs (C(OH)–C–C–N with tert-alkyl or cyclic N) is 1. The summed E-state index contributed by atoms with van der Waals surface area (Å²) in [6.07, 6.45) is 12.6. The number of nitrogens with two attached hydrogens (primary N) is 3. The second-order valence-electron chi connectivity index (χ2n) is 22.8. The molecule has 4 aromatic rings. The second kappa shape index (κ2) is 20.2. The Morgan fingerprint density at radius 2 is 1.58 bits per heavy atom. The first-order valence-corrected chi connectivity index (χ1v) is 27.0. The molecule has 2 saturated carbocycles. The van der Waals surface area contributed by atoms with Gasteiger partial charge in [-0.1, -0.05) is 45.0 Å². The van der Waals surface area contributed by atoms with Crippen LogP contribution in [-0.4, -0.2) is 127 Å². The predicted molar refractivity (Wildman–Crippen MR) is 282 cm³/mol. The van der Waals surface area contributed by atoms with Gasteiger partial charge in [0.25, 0.3) is 0 Å². The third kappa shape index (κ3) is 10.3. The number of phenols is 1. The molecule has 4 aliphatic heterocycles. The number of benzene rings is 2. The lowest BCUT2D eigenvalue weighted by atomic mass is 9.49. The number of hydrogen-bond acceptors (Lipinski definition) is 15. The minimum atomic E-state index is -0.876. The number of fused-ring (bicyclic) bond motifs is 2. The standard InChI is InChI=1S/C55H72N12O5S/c1-32-48(73-31-62-32)44-27-59-36(25-60-44)26-61-52(71)46-19-41(68)30-66(46)53(72)49(54(2,3)4)63-51(70)35-21-55(22-35)23-40(24-55)64-17-15-34(16-18-64)33-9-11-37(12-10-33)67-38-13-14-39(67)29-65(28-38)45(50(57)58)20-43(56)42-7-5-6-8-47(42)69/h5-12,20,25,27,31,34-35,38-41,46,49,68-69H,13-19,21-24,26,28-30,56-58H2,1-4H3,(H,61,71)(H,63,70)/b43-20-/t35?,38?,39?,40?,41-,46+,49-,55?/m1/s1. The highest BCUT2D eigenvalue weighted by atomic mass is 32.1. The van der Waals surface area contributed by atoms with E-state index in [0.717, 1.165) is 88.1 Å². The fourth-order valence-corrected chi connectivity index (χ4v) is 13.6. The molecule has 6 aliphatic rings. The van der Waals surface area contributed by atoms with E-state index in [0.29, 0.717) is 52.4 Å². The fourth-order valence-electron chi connectivity index (χ4n) is 12.8. The molecule has 6 fully saturated rings. The van der Waals surface area contributed by atoms with Crippen molar-refractivity contribution in [2.24, 2.45) is 33.9 Å². The van der Waals surface area contributed by atoms with E-state index in [9.17, 15) is 24.6 Å². The Balaban J connectivity index is 0.671. The Hall–Kier alpha value is -6.24. The number of aliphatic hydroxyl groups is 1. The molecule has 6 heterocycles. The maximum Gasteiger partial charge on any atom is 0.246 e. The van der Waals surface area contributed by atoms with Crippen LogP contribution >= 0.6 is 11.3 Å². The van der Waals surface area contributed by atoms with E-state index in [4.69, 9.17) is 17.2 Å². The van der Waals surface area contributed by atoms with Gasteiger partial charge in [0.1, 0.15) is 29.3 Å². The van der Waals surface area contributed by atoms with Gasteiger partial charge in [-0.05, 0) is 124 Å². The number of nitrogens with one attached hydrogen (secondary N) is 2. The van der Waals surface area contributed by atoms with Gasteiger partial charge in [-0.25, -0.2) is 4.98 Å². The monoisotopic (exact) mass is 1010 g/mol. The number of hydrogen-bond donors (Lipinski definition) is 7. The molecule has 2 unspecified atom stereocenters. The molecule has 0 radical (unpaired) electrons. The van der Waals surface area contributed by atoms with E-state index in [1.165, 1.54) is 27.5 Å². The Labute approximate surface area is 432 Å². The van der Waals surface area contributed by atoms with Crippen molar-refractivity contribution in [2.75, 3.05) is 37.6 Å². The minimum absolute atomic E-state index is 0.0192. The highest BCUT2D eigenvalue weighted by Gasteiger charge is 2.57. The molecule has 2 aromatic heterocycles. The summed E-state index contributed by atoms with van der Waals surface area (Å²) >= 11 is 1.49. The molecule has 17 nitrogen and oxygen atoms in total. The summed E-state index contributed by atoms with van der Waals surface area (Å²) in [6.45, 7) is 11.5. The maximum atomic E-state index is 14.3. The Morgan fingerprint density at radius 3 is 2.19 bits per heavy atom. The highest BCUT2D eigenvalue weighted by Crippen LogP contribution is 2.60. The van der Waals surface area contributed by atoms with E-state index >= 15 is 0 Å². The highest BCUT2D eigenvalue weighted by molar-refractivity contribution is 7.13. The summed E-state index contributed by atoms with van der Waals surface area (Å²) in [4.78, 5) is 64.8. The van der Waals surface area contributed by atoms with Crippen LogP contribution in [0.5, 0.6) is 5.75 Å². The number of aromatic nitrogens is 3. The lowest BCUT2D eigenvalue weighted by molar-refractivity contribution is -0.150. The van der Waals surface area contributed by atoms with Crippen LogP contribution in [0.1, 0.15) is 107 Å². The number of amides is 3. The first-order valence-electron chi connectivity index (χ1n) is 26.1. The van der Waals surface area contributed by atoms with Gasteiger partial charge in [0.15, 0.2) is 0 Å². The van der Waals surface area contributed by atoms with Crippen LogP contribution in [0.25, 0.3) is 16.3 Å². The van der Waals surface area contributed by atoms with E-state index in [2.05, 4.69) is 64.6 Å².